The summed E-state index contributed by atoms with van der Waals surface area (Å²) in [5.41, 5.74) is -0.488. The molecule has 12 heteroatoms. The number of allylic oxidation sites excluding steroid dienone is 2. The van der Waals surface area contributed by atoms with E-state index in [1.54, 1.807) is 6.92 Å². The van der Waals surface area contributed by atoms with Gasteiger partial charge in [0.2, 0.25) is 6.29 Å². The molecule has 2 saturated heterocycles. The molecule has 53 heavy (non-hydrogen) atoms. The fraction of sp³-hybridized carbons (Fsp3) is 0.927. The lowest BCUT2D eigenvalue weighted by atomic mass is 9.33. The first-order chi connectivity index (χ1) is 24.7. The number of aliphatic hydroxyl groups is 7. The third-order valence-corrected chi connectivity index (χ3v) is 16.9. The molecule has 7 aliphatic rings. The summed E-state index contributed by atoms with van der Waals surface area (Å²) in [5.74, 6) is -0.0258. The number of ether oxygens (including phenoxy) is 4. The van der Waals surface area contributed by atoms with E-state index < -0.39 is 78.2 Å². The zero-order valence-electron chi connectivity index (χ0n) is 32.7. The van der Waals surface area contributed by atoms with Crippen LogP contribution in [0.25, 0.3) is 0 Å². The maximum atomic E-state index is 14.5. The van der Waals surface area contributed by atoms with Crippen LogP contribution < -0.4 is 0 Å². The molecule has 18 unspecified atom stereocenters. The largest absolute Gasteiger partial charge is 0.432 e. The van der Waals surface area contributed by atoms with Crippen LogP contribution >= 0.6 is 0 Å². The van der Waals surface area contributed by atoms with Crippen LogP contribution in [0.4, 0.5) is 0 Å². The molecule has 7 N–H and O–H groups in total. The molecular formula is C41H66O12. The lowest BCUT2D eigenvalue weighted by Gasteiger charge is -2.71. The molecule has 0 aromatic rings. The predicted molar refractivity (Wildman–Crippen MR) is 192 cm³/mol. The van der Waals surface area contributed by atoms with E-state index in [4.69, 9.17) is 18.9 Å². The van der Waals surface area contributed by atoms with Gasteiger partial charge in [-0.1, -0.05) is 53.2 Å². The Labute approximate surface area is 314 Å². The fourth-order valence-corrected chi connectivity index (χ4v) is 13.2. The van der Waals surface area contributed by atoms with Crippen molar-refractivity contribution in [2.75, 3.05) is 13.2 Å². The molecule has 6 fully saturated rings. The van der Waals surface area contributed by atoms with Gasteiger partial charge in [0, 0.05) is 5.41 Å². The molecule has 18 atom stereocenters. The van der Waals surface area contributed by atoms with E-state index in [1.807, 2.05) is 0 Å². The highest BCUT2D eigenvalue weighted by molar-refractivity contribution is 5.79. The Morgan fingerprint density at radius 1 is 0.811 bits per heavy atom. The number of aliphatic hydroxyl groups excluding tert-OH is 7. The zero-order valence-corrected chi connectivity index (χ0v) is 32.7. The van der Waals surface area contributed by atoms with Crippen molar-refractivity contribution >= 4 is 5.97 Å². The highest BCUT2D eigenvalue weighted by atomic mass is 16.7. The van der Waals surface area contributed by atoms with E-state index in [2.05, 4.69) is 47.6 Å². The Morgan fingerprint density at radius 3 is 2.19 bits per heavy atom. The molecule has 4 saturated carbocycles. The summed E-state index contributed by atoms with van der Waals surface area (Å²) in [4.78, 5) is 14.5. The Morgan fingerprint density at radius 2 is 1.49 bits per heavy atom. The van der Waals surface area contributed by atoms with Crippen molar-refractivity contribution in [2.45, 2.75) is 174 Å². The summed E-state index contributed by atoms with van der Waals surface area (Å²) < 4.78 is 23.8. The van der Waals surface area contributed by atoms with Crippen LogP contribution in [-0.2, 0) is 23.7 Å². The molecule has 0 aromatic heterocycles. The van der Waals surface area contributed by atoms with Gasteiger partial charge in [-0.25, -0.2) is 0 Å². The summed E-state index contributed by atoms with van der Waals surface area (Å²) in [6.45, 7) is 15.3. The van der Waals surface area contributed by atoms with Crippen molar-refractivity contribution in [1.29, 1.82) is 0 Å². The van der Waals surface area contributed by atoms with E-state index in [0.717, 1.165) is 44.9 Å². The minimum atomic E-state index is -1.55. The van der Waals surface area contributed by atoms with Crippen molar-refractivity contribution in [2.24, 2.45) is 50.2 Å². The Balaban J connectivity index is 1.18. The van der Waals surface area contributed by atoms with Crippen LogP contribution in [0.1, 0.15) is 113 Å². The van der Waals surface area contributed by atoms with E-state index in [1.165, 1.54) is 5.57 Å². The fourth-order valence-electron chi connectivity index (χ4n) is 13.2. The van der Waals surface area contributed by atoms with E-state index >= 15 is 0 Å². The molecular weight excluding hydrogens is 684 g/mol. The highest BCUT2D eigenvalue weighted by Gasteiger charge is 2.70. The van der Waals surface area contributed by atoms with Crippen molar-refractivity contribution in [1.82, 2.24) is 0 Å². The number of esters is 1. The lowest BCUT2D eigenvalue weighted by molar-refractivity contribution is -0.312. The second-order valence-corrected chi connectivity index (χ2v) is 20.0. The predicted octanol–water partition coefficient (Wildman–Crippen LogP) is 2.96. The first kappa shape index (κ1) is 40.0. The van der Waals surface area contributed by atoms with Gasteiger partial charge in [-0.3, -0.25) is 4.79 Å². The van der Waals surface area contributed by atoms with Gasteiger partial charge in [-0.2, -0.15) is 0 Å². The molecule has 2 heterocycles. The third kappa shape index (κ3) is 5.85. The van der Waals surface area contributed by atoms with Gasteiger partial charge < -0.3 is 54.7 Å². The van der Waals surface area contributed by atoms with Gasteiger partial charge in [-0.15, -0.1) is 0 Å². The van der Waals surface area contributed by atoms with Gasteiger partial charge in [0.15, 0.2) is 6.29 Å². The highest BCUT2D eigenvalue weighted by Crippen LogP contribution is 2.76. The van der Waals surface area contributed by atoms with Crippen molar-refractivity contribution in [3.05, 3.63) is 11.6 Å². The second kappa shape index (κ2) is 13.5. The van der Waals surface area contributed by atoms with Gasteiger partial charge in [-0.05, 0) is 111 Å². The Bertz CT molecular complexity index is 1440. The number of hydrogen-bond acceptors (Lipinski definition) is 12. The third-order valence-electron chi connectivity index (χ3n) is 16.9. The van der Waals surface area contributed by atoms with Gasteiger partial charge >= 0.3 is 5.97 Å². The van der Waals surface area contributed by atoms with Crippen LogP contribution in [0.5, 0.6) is 0 Å². The molecule has 12 nitrogen and oxygen atoms in total. The second-order valence-electron chi connectivity index (χ2n) is 20.0. The van der Waals surface area contributed by atoms with Crippen LogP contribution in [0.15, 0.2) is 11.6 Å². The van der Waals surface area contributed by atoms with E-state index in [0.29, 0.717) is 25.2 Å². The topological polar surface area (TPSA) is 196 Å². The van der Waals surface area contributed by atoms with E-state index in [-0.39, 0.29) is 46.7 Å². The van der Waals surface area contributed by atoms with Crippen molar-refractivity contribution in [3.63, 3.8) is 0 Å². The first-order valence-corrected chi connectivity index (χ1v) is 20.2. The average molecular weight is 751 g/mol. The SMILES string of the molecule is CC1OC(OC(=O)C23CCC(C)(C)CC2C2=CCC4C5(C)CCC(OC6OCC(O)C(O)C6O)C(C)(CO)C5CCC4(C)C2(C)CC3)C(O)C(O)C1O. The molecule has 302 valence electrons. The Kier molecular flexibility index (Phi) is 10.2. The zero-order chi connectivity index (χ0) is 38.7. The lowest BCUT2D eigenvalue weighted by Crippen LogP contribution is -2.67. The molecule has 0 aromatic carbocycles. The smallest absolute Gasteiger partial charge is 0.315 e. The molecule has 0 spiro atoms. The maximum Gasteiger partial charge on any atom is 0.315 e. The van der Waals surface area contributed by atoms with Crippen molar-refractivity contribution < 1.29 is 59.5 Å². The van der Waals surface area contributed by atoms with Gasteiger partial charge in [0.1, 0.15) is 36.6 Å². The minimum Gasteiger partial charge on any atom is -0.432 e. The molecule has 0 bridgehead atoms. The number of carbonyl (C=O) groups is 1. The number of hydrogen-bond donors (Lipinski definition) is 7. The minimum absolute atomic E-state index is 0.00960. The molecule has 0 radical (unpaired) electrons. The van der Waals surface area contributed by atoms with Crippen LogP contribution in [0.3, 0.4) is 0 Å². The normalized spacial score (nSPS) is 55.1. The maximum absolute atomic E-state index is 14.5. The monoisotopic (exact) mass is 750 g/mol. The number of fused-ring (bicyclic) bond motifs is 7. The van der Waals surface area contributed by atoms with E-state index in [9.17, 15) is 40.5 Å². The Hall–Kier alpha value is -1.19. The summed E-state index contributed by atoms with van der Waals surface area (Å²) in [6.07, 6.45) is -1.52. The summed E-state index contributed by atoms with van der Waals surface area (Å²) in [7, 11) is 0. The van der Waals surface area contributed by atoms with Crippen molar-refractivity contribution in [3.8, 4) is 0 Å². The standard InChI is InChI=1S/C41H66O12/c1-21-28(44)30(46)32(48)34(51-21)53-35(49)41-16-14-36(2,3)18-23(41)22-8-9-26-37(4)12-11-27(52-33-31(47)29(45)24(43)19-50-33)38(5,20-42)25(37)10-13-40(26,7)39(22,6)15-17-41/h8,21,23-34,42-48H,9-20H2,1-7H3. The summed E-state index contributed by atoms with van der Waals surface area (Å²) >= 11 is 0. The van der Waals surface area contributed by atoms with Crippen LogP contribution in [-0.4, -0.2) is 116 Å². The van der Waals surface area contributed by atoms with Gasteiger partial charge in [0.25, 0.3) is 0 Å². The molecule has 5 aliphatic carbocycles. The van der Waals surface area contributed by atoms with Gasteiger partial charge in [0.05, 0.1) is 30.8 Å². The average Bonchev–Trinajstić information content (AvgIpc) is 3.10. The molecule has 7 rings (SSSR count). The molecule has 0 amide bonds. The first-order valence-electron chi connectivity index (χ1n) is 20.2. The quantitative estimate of drug-likeness (QED) is 0.124. The summed E-state index contributed by atoms with van der Waals surface area (Å²) in [6, 6.07) is 0. The summed E-state index contributed by atoms with van der Waals surface area (Å²) in [5, 5.41) is 73.6. The number of rotatable bonds is 5. The van der Waals surface area contributed by atoms with Crippen LogP contribution in [0, 0.1) is 50.2 Å². The van der Waals surface area contributed by atoms with Crippen LogP contribution in [0.2, 0.25) is 0 Å². The number of carbonyl (C=O) groups excluding carboxylic acids is 1. The molecule has 2 aliphatic heterocycles.